The number of nitrogens with zero attached hydrogens (tertiary/aromatic N) is 1. The van der Waals surface area contributed by atoms with Gasteiger partial charge in [0, 0.05) is 18.5 Å². The van der Waals surface area contributed by atoms with Crippen molar-refractivity contribution in [1.82, 2.24) is 4.90 Å². The number of likely N-dealkylation sites (tertiary alicyclic amines) is 1. The molecule has 6 nitrogen and oxygen atoms in total. The lowest BCUT2D eigenvalue weighted by molar-refractivity contribution is -0.120. The Morgan fingerprint density at radius 1 is 1.19 bits per heavy atom. The van der Waals surface area contributed by atoms with Crippen LogP contribution in [0.2, 0.25) is 0 Å². The highest BCUT2D eigenvalue weighted by Crippen LogP contribution is 2.33. The Bertz CT molecular complexity index is 492. The minimum Gasteiger partial charge on any atom is -0.449 e. The number of ether oxygens (including phenoxy) is 1. The summed E-state index contributed by atoms with van der Waals surface area (Å²) < 4.78 is 4.87. The van der Waals surface area contributed by atoms with Gasteiger partial charge in [0.25, 0.3) is 0 Å². The summed E-state index contributed by atoms with van der Waals surface area (Å²) in [7, 11) is 0. The standard InChI is InChI=1S/C15H21N3O3/c16-14(19)9-18-8-11(10-21-15(17)20)6-7-13(18)12-4-2-1-3-5-12/h1-5,11,13H,6-10H2,(H2,16,19)(H2,17,20)/t11-,13-/m0/s1. The molecule has 0 radical (unpaired) electrons. The maximum absolute atomic E-state index is 11.3. The number of nitrogens with two attached hydrogens (primary N) is 2. The van der Waals surface area contributed by atoms with Crippen molar-refractivity contribution in [2.45, 2.75) is 18.9 Å². The maximum atomic E-state index is 11.3. The number of hydrogen-bond acceptors (Lipinski definition) is 4. The Kier molecular flexibility index (Phi) is 5.16. The molecule has 1 aliphatic heterocycles. The Hall–Kier alpha value is -2.08. The molecule has 0 saturated carbocycles. The molecule has 0 aliphatic carbocycles. The fraction of sp³-hybridized carbons (Fsp3) is 0.467. The number of carbonyl (C=O) groups excluding carboxylic acids is 2. The van der Waals surface area contributed by atoms with Gasteiger partial charge in [0.1, 0.15) is 0 Å². The van der Waals surface area contributed by atoms with Gasteiger partial charge in [-0.2, -0.15) is 0 Å². The summed E-state index contributed by atoms with van der Waals surface area (Å²) in [5, 5.41) is 0. The third kappa shape index (κ3) is 4.46. The van der Waals surface area contributed by atoms with Crippen LogP contribution >= 0.6 is 0 Å². The molecule has 0 bridgehead atoms. The molecular formula is C15H21N3O3. The molecule has 1 heterocycles. The van der Waals surface area contributed by atoms with Crippen LogP contribution in [0.1, 0.15) is 24.4 Å². The normalized spacial score (nSPS) is 22.7. The minimum atomic E-state index is -0.762. The van der Waals surface area contributed by atoms with E-state index < -0.39 is 6.09 Å². The van der Waals surface area contributed by atoms with Gasteiger partial charge in [0.2, 0.25) is 5.91 Å². The highest BCUT2D eigenvalue weighted by Gasteiger charge is 2.30. The van der Waals surface area contributed by atoms with Gasteiger partial charge in [-0.25, -0.2) is 4.79 Å². The zero-order valence-electron chi connectivity index (χ0n) is 11.9. The number of amides is 2. The van der Waals surface area contributed by atoms with Gasteiger partial charge < -0.3 is 16.2 Å². The minimum absolute atomic E-state index is 0.170. The Labute approximate surface area is 124 Å². The van der Waals surface area contributed by atoms with Crippen molar-refractivity contribution in [2.24, 2.45) is 17.4 Å². The van der Waals surface area contributed by atoms with Gasteiger partial charge in [-0.15, -0.1) is 0 Å². The zero-order valence-corrected chi connectivity index (χ0v) is 11.9. The van der Waals surface area contributed by atoms with Crippen LogP contribution in [0.25, 0.3) is 0 Å². The number of benzene rings is 1. The Morgan fingerprint density at radius 3 is 2.52 bits per heavy atom. The van der Waals surface area contributed by atoms with Gasteiger partial charge in [-0.05, 0) is 18.4 Å². The van der Waals surface area contributed by atoms with Crippen molar-refractivity contribution in [2.75, 3.05) is 19.7 Å². The van der Waals surface area contributed by atoms with Crippen molar-refractivity contribution in [3.63, 3.8) is 0 Å². The maximum Gasteiger partial charge on any atom is 0.404 e. The molecule has 0 spiro atoms. The monoisotopic (exact) mass is 291 g/mol. The summed E-state index contributed by atoms with van der Waals surface area (Å²) in [6.07, 6.45) is 1.05. The van der Waals surface area contributed by atoms with Crippen LogP contribution in [-0.2, 0) is 9.53 Å². The lowest BCUT2D eigenvalue weighted by Crippen LogP contribution is -2.44. The molecule has 21 heavy (non-hydrogen) atoms. The second kappa shape index (κ2) is 7.08. The number of carbonyl (C=O) groups is 2. The largest absolute Gasteiger partial charge is 0.449 e. The van der Waals surface area contributed by atoms with Gasteiger partial charge >= 0.3 is 6.09 Å². The third-order valence-electron chi connectivity index (χ3n) is 3.79. The van der Waals surface area contributed by atoms with Crippen LogP contribution in [0.15, 0.2) is 30.3 Å². The topological polar surface area (TPSA) is 98.7 Å². The molecule has 1 aliphatic rings. The summed E-state index contributed by atoms with van der Waals surface area (Å²) in [4.78, 5) is 24.0. The molecule has 2 atom stereocenters. The van der Waals surface area contributed by atoms with E-state index in [1.165, 1.54) is 5.56 Å². The van der Waals surface area contributed by atoms with Gasteiger partial charge in [0.15, 0.2) is 0 Å². The van der Waals surface area contributed by atoms with E-state index in [1.54, 1.807) is 0 Å². The molecule has 2 rings (SSSR count). The van der Waals surface area contributed by atoms with Gasteiger partial charge in [0.05, 0.1) is 13.2 Å². The molecule has 0 aromatic heterocycles. The third-order valence-corrected chi connectivity index (χ3v) is 3.79. The van der Waals surface area contributed by atoms with E-state index in [9.17, 15) is 9.59 Å². The molecular weight excluding hydrogens is 270 g/mol. The SMILES string of the molecule is NC(=O)CN1C[C@@H](COC(N)=O)CC[C@H]1c1ccccc1. The van der Waals surface area contributed by atoms with Crippen molar-refractivity contribution < 1.29 is 14.3 Å². The van der Waals surface area contributed by atoms with Crippen molar-refractivity contribution >= 4 is 12.0 Å². The average Bonchev–Trinajstić information content (AvgIpc) is 2.45. The fourth-order valence-electron chi connectivity index (χ4n) is 2.89. The number of primary amides is 2. The number of piperidine rings is 1. The molecule has 2 amide bonds. The molecule has 1 fully saturated rings. The Balaban J connectivity index is 2.05. The van der Waals surface area contributed by atoms with Crippen LogP contribution in [-0.4, -0.2) is 36.6 Å². The van der Waals surface area contributed by atoms with Crippen molar-refractivity contribution in [3.8, 4) is 0 Å². The number of hydrogen-bond donors (Lipinski definition) is 2. The number of rotatable bonds is 5. The fourth-order valence-corrected chi connectivity index (χ4v) is 2.89. The molecule has 1 saturated heterocycles. The molecule has 4 N–H and O–H groups in total. The predicted octanol–water partition coefficient (Wildman–Crippen LogP) is 1.02. The lowest BCUT2D eigenvalue weighted by Gasteiger charge is -2.39. The van der Waals surface area contributed by atoms with E-state index in [1.807, 2.05) is 18.2 Å². The summed E-state index contributed by atoms with van der Waals surface area (Å²) >= 11 is 0. The second-order valence-electron chi connectivity index (χ2n) is 5.40. The second-order valence-corrected chi connectivity index (χ2v) is 5.40. The van der Waals surface area contributed by atoms with E-state index in [-0.39, 0.29) is 31.0 Å². The zero-order chi connectivity index (χ0) is 15.2. The highest BCUT2D eigenvalue weighted by molar-refractivity contribution is 5.76. The van der Waals surface area contributed by atoms with E-state index in [4.69, 9.17) is 16.2 Å². The van der Waals surface area contributed by atoms with E-state index in [2.05, 4.69) is 17.0 Å². The van der Waals surface area contributed by atoms with Gasteiger partial charge in [-0.1, -0.05) is 30.3 Å². The van der Waals surface area contributed by atoms with Gasteiger partial charge in [-0.3, -0.25) is 9.69 Å². The molecule has 1 aromatic carbocycles. The van der Waals surface area contributed by atoms with Crippen LogP contribution in [0.3, 0.4) is 0 Å². The van der Waals surface area contributed by atoms with Crippen molar-refractivity contribution in [3.05, 3.63) is 35.9 Å². The summed E-state index contributed by atoms with van der Waals surface area (Å²) in [5.41, 5.74) is 11.5. The lowest BCUT2D eigenvalue weighted by atomic mass is 9.89. The first-order valence-electron chi connectivity index (χ1n) is 7.05. The first-order valence-corrected chi connectivity index (χ1v) is 7.05. The van der Waals surface area contributed by atoms with Crippen LogP contribution in [0.4, 0.5) is 4.79 Å². The molecule has 114 valence electrons. The van der Waals surface area contributed by atoms with E-state index in [0.717, 1.165) is 12.8 Å². The highest BCUT2D eigenvalue weighted by atomic mass is 16.5. The van der Waals surface area contributed by atoms with E-state index >= 15 is 0 Å². The summed E-state index contributed by atoms with van der Waals surface area (Å²) in [5.74, 6) is -0.177. The van der Waals surface area contributed by atoms with Crippen LogP contribution in [0.5, 0.6) is 0 Å². The molecule has 1 aromatic rings. The smallest absolute Gasteiger partial charge is 0.404 e. The van der Waals surface area contributed by atoms with E-state index in [0.29, 0.717) is 6.54 Å². The first kappa shape index (κ1) is 15.3. The molecule has 6 heteroatoms. The first-order chi connectivity index (χ1) is 10.1. The Morgan fingerprint density at radius 2 is 1.90 bits per heavy atom. The summed E-state index contributed by atoms with van der Waals surface area (Å²) in [6.45, 7) is 1.15. The van der Waals surface area contributed by atoms with Crippen LogP contribution in [0, 0.1) is 5.92 Å². The van der Waals surface area contributed by atoms with Crippen LogP contribution < -0.4 is 11.5 Å². The quantitative estimate of drug-likeness (QED) is 0.846. The summed E-state index contributed by atoms with van der Waals surface area (Å²) in [6, 6.07) is 10.2. The van der Waals surface area contributed by atoms with Crippen molar-refractivity contribution in [1.29, 1.82) is 0 Å². The average molecular weight is 291 g/mol. The predicted molar refractivity (Wildman–Crippen MR) is 78.2 cm³/mol. The molecule has 0 unspecified atom stereocenters.